The normalized spacial score (nSPS) is 24.1. The van der Waals surface area contributed by atoms with E-state index >= 15 is 0 Å². The lowest BCUT2D eigenvalue weighted by Crippen LogP contribution is -2.45. The van der Waals surface area contributed by atoms with Gasteiger partial charge >= 0.3 is 0 Å². The van der Waals surface area contributed by atoms with E-state index in [0.717, 1.165) is 5.56 Å². The first-order valence-corrected chi connectivity index (χ1v) is 5.45. The van der Waals surface area contributed by atoms with Crippen molar-refractivity contribution in [1.82, 2.24) is 0 Å². The Morgan fingerprint density at radius 1 is 1.24 bits per heavy atom. The number of nitrogens with two attached hydrogens (primary N) is 3. The van der Waals surface area contributed by atoms with Crippen molar-refractivity contribution >= 4 is 5.69 Å². The molecule has 0 saturated heterocycles. The number of hydrogen-bond acceptors (Lipinski definition) is 3. The van der Waals surface area contributed by atoms with Gasteiger partial charge in [-0.25, -0.2) is 4.39 Å². The van der Waals surface area contributed by atoms with Crippen LogP contribution >= 0.6 is 0 Å². The second kappa shape index (κ2) is 4.22. The highest BCUT2D eigenvalue weighted by Gasteiger charge is 2.33. The zero-order valence-electron chi connectivity index (χ0n) is 9.49. The molecule has 1 atom stereocenters. The van der Waals surface area contributed by atoms with Gasteiger partial charge in [0.25, 0.3) is 0 Å². The highest BCUT2D eigenvalue weighted by atomic mass is 19.1. The molecule has 0 heterocycles. The predicted molar refractivity (Wildman–Crippen MR) is 67.6 cm³/mol. The Bertz CT molecular complexity index is 493. The summed E-state index contributed by atoms with van der Waals surface area (Å²) in [6.45, 7) is 0. The number of allylic oxidation sites excluding steroid dienone is 2. The maximum Gasteiger partial charge on any atom is 0.121 e. The van der Waals surface area contributed by atoms with Crippen LogP contribution in [0.2, 0.25) is 0 Å². The fraction of sp³-hybridized carbons (Fsp3) is 0.231. The SMILES string of the molecule is NC1=CC=C(F)C(N)(Cc2cccc(N)c2)C1. The Morgan fingerprint density at radius 2 is 2.00 bits per heavy atom. The zero-order chi connectivity index (χ0) is 12.5. The molecule has 0 fully saturated rings. The molecule has 4 heteroatoms. The van der Waals surface area contributed by atoms with Crippen LogP contribution in [-0.2, 0) is 6.42 Å². The van der Waals surface area contributed by atoms with Crippen molar-refractivity contribution in [2.75, 3.05) is 5.73 Å². The maximum absolute atomic E-state index is 13.8. The minimum Gasteiger partial charge on any atom is -0.402 e. The lowest BCUT2D eigenvalue weighted by atomic mass is 9.83. The van der Waals surface area contributed by atoms with E-state index in [1.807, 2.05) is 12.1 Å². The molecule has 1 unspecified atom stereocenters. The average Bonchev–Trinajstić information content (AvgIpc) is 2.24. The first-order valence-electron chi connectivity index (χ1n) is 5.45. The summed E-state index contributed by atoms with van der Waals surface area (Å²) in [5.41, 5.74) is 18.6. The van der Waals surface area contributed by atoms with Gasteiger partial charge in [0.1, 0.15) is 5.83 Å². The monoisotopic (exact) mass is 233 g/mol. The van der Waals surface area contributed by atoms with Gasteiger partial charge in [-0.05, 0) is 36.3 Å². The summed E-state index contributed by atoms with van der Waals surface area (Å²) in [5, 5.41) is 0. The summed E-state index contributed by atoms with van der Waals surface area (Å²) in [4.78, 5) is 0. The molecule has 17 heavy (non-hydrogen) atoms. The second-order valence-corrected chi connectivity index (χ2v) is 4.51. The molecule has 1 aromatic carbocycles. The summed E-state index contributed by atoms with van der Waals surface area (Å²) in [6, 6.07) is 7.30. The first-order chi connectivity index (χ1) is 7.99. The van der Waals surface area contributed by atoms with Gasteiger partial charge < -0.3 is 17.2 Å². The Kier molecular flexibility index (Phi) is 2.90. The fourth-order valence-electron chi connectivity index (χ4n) is 2.07. The molecule has 1 aliphatic carbocycles. The lowest BCUT2D eigenvalue weighted by molar-refractivity contribution is 0.383. The van der Waals surface area contributed by atoms with Crippen molar-refractivity contribution in [3.05, 3.63) is 53.5 Å². The van der Waals surface area contributed by atoms with Crippen molar-refractivity contribution < 1.29 is 4.39 Å². The third-order valence-electron chi connectivity index (χ3n) is 2.91. The van der Waals surface area contributed by atoms with Gasteiger partial charge in [0.15, 0.2) is 0 Å². The molecule has 0 saturated carbocycles. The Balaban J connectivity index is 2.24. The Labute approximate surface area is 99.8 Å². The molecule has 3 nitrogen and oxygen atoms in total. The number of halogens is 1. The molecule has 1 aromatic rings. The minimum atomic E-state index is -1.05. The van der Waals surface area contributed by atoms with E-state index in [1.54, 1.807) is 18.2 Å². The number of hydrogen-bond donors (Lipinski definition) is 3. The summed E-state index contributed by atoms with van der Waals surface area (Å²) in [7, 11) is 0. The quantitative estimate of drug-likeness (QED) is 0.679. The van der Waals surface area contributed by atoms with Crippen molar-refractivity contribution in [2.45, 2.75) is 18.4 Å². The number of anilines is 1. The van der Waals surface area contributed by atoms with Gasteiger partial charge in [-0.15, -0.1) is 0 Å². The highest BCUT2D eigenvalue weighted by Crippen LogP contribution is 2.30. The molecule has 0 radical (unpaired) electrons. The highest BCUT2D eigenvalue weighted by molar-refractivity contribution is 5.42. The van der Waals surface area contributed by atoms with Gasteiger partial charge in [-0.3, -0.25) is 0 Å². The van der Waals surface area contributed by atoms with Crippen LogP contribution in [0.3, 0.4) is 0 Å². The van der Waals surface area contributed by atoms with Crippen LogP contribution < -0.4 is 17.2 Å². The molecule has 0 spiro atoms. The summed E-state index contributed by atoms with van der Waals surface area (Å²) in [6.07, 6.45) is 3.60. The molecule has 0 bridgehead atoms. The summed E-state index contributed by atoms with van der Waals surface area (Å²) < 4.78 is 13.8. The van der Waals surface area contributed by atoms with E-state index in [4.69, 9.17) is 17.2 Å². The summed E-state index contributed by atoms with van der Waals surface area (Å²) in [5.74, 6) is -0.339. The lowest BCUT2D eigenvalue weighted by Gasteiger charge is -2.30. The molecule has 90 valence electrons. The van der Waals surface area contributed by atoms with Crippen LogP contribution in [-0.4, -0.2) is 5.54 Å². The fourth-order valence-corrected chi connectivity index (χ4v) is 2.07. The largest absolute Gasteiger partial charge is 0.402 e. The van der Waals surface area contributed by atoms with E-state index < -0.39 is 5.54 Å². The molecule has 2 rings (SSSR count). The van der Waals surface area contributed by atoms with Gasteiger partial charge in [0.05, 0.1) is 5.54 Å². The molecule has 0 aromatic heterocycles. The van der Waals surface area contributed by atoms with Crippen LogP contribution in [0.4, 0.5) is 10.1 Å². The Hall–Kier alpha value is -1.81. The number of nitrogen functional groups attached to an aromatic ring is 1. The zero-order valence-corrected chi connectivity index (χ0v) is 9.49. The molecule has 1 aliphatic rings. The molecule has 6 N–H and O–H groups in total. The topological polar surface area (TPSA) is 78.1 Å². The van der Waals surface area contributed by atoms with Crippen LogP contribution in [0.1, 0.15) is 12.0 Å². The molecular formula is C13H16FN3. The molecular weight excluding hydrogens is 217 g/mol. The predicted octanol–water partition coefficient (Wildman–Crippen LogP) is 1.61. The smallest absolute Gasteiger partial charge is 0.121 e. The van der Waals surface area contributed by atoms with Crippen LogP contribution in [0.15, 0.2) is 47.9 Å². The van der Waals surface area contributed by atoms with Crippen molar-refractivity contribution in [3.63, 3.8) is 0 Å². The van der Waals surface area contributed by atoms with Crippen LogP contribution in [0.25, 0.3) is 0 Å². The first kappa shape index (κ1) is 11.7. The number of benzene rings is 1. The third-order valence-corrected chi connectivity index (χ3v) is 2.91. The van der Waals surface area contributed by atoms with E-state index in [0.29, 0.717) is 24.2 Å². The molecule has 0 aliphatic heterocycles. The van der Waals surface area contributed by atoms with E-state index in [2.05, 4.69) is 0 Å². The summed E-state index contributed by atoms with van der Waals surface area (Å²) >= 11 is 0. The van der Waals surface area contributed by atoms with E-state index in [9.17, 15) is 4.39 Å². The second-order valence-electron chi connectivity index (χ2n) is 4.51. The van der Waals surface area contributed by atoms with Gasteiger partial charge in [0.2, 0.25) is 0 Å². The number of rotatable bonds is 2. The molecule has 0 amide bonds. The van der Waals surface area contributed by atoms with Gasteiger partial charge in [0, 0.05) is 17.8 Å². The van der Waals surface area contributed by atoms with Gasteiger partial charge in [-0.2, -0.15) is 0 Å². The minimum absolute atomic E-state index is 0.324. The van der Waals surface area contributed by atoms with Crippen LogP contribution in [0, 0.1) is 0 Å². The van der Waals surface area contributed by atoms with Crippen molar-refractivity contribution in [3.8, 4) is 0 Å². The third kappa shape index (κ3) is 2.47. The van der Waals surface area contributed by atoms with Crippen molar-refractivity contribution in [1.29, 1.82) is 0 Å². The maximum atomic E-state index is 13.8. The van der Waals surface area contributed by atoms with E-state index in [1.165, 1.54) is 6.08 Å². The Morgan fingerprint density at radius 3 is 2.71 bits per heavy atom. The average molecular weight is 233 g/mol. The van der Waals surface area contributed by atoms with Crippen molar-refractivity contribution in [2.24, 2.45) is 11.5 Å². The van der Waals surface area contributed by atoms with Crippen LogP contribution in [0.5, 0.6) is 0 Å². The van der Waals surface area contributed by atoms with Gasteiger partial charge in [-0.1, -0.05) is 12.1 Å². The van der Waals surface area contributed by atoms with E-state index in [-0.39, 0.29) is 5.83 Å². The standard InChI is InChI=1S/C13H16FN3/c14-12-5-4-11(16)8-13(12,17)7-9-2-1-3-10(15)6-9/h1-6H,7-8,15-17H2.